The SMILES string of the molecule is CCCc1cnn(C)c1SC. The highest BCUT2D eigenvalue weighted by atomic mass is 32.2. The lowest BCUT2D eigenvalue weighted by Gasteiger charge is -1.99. The van der Waals surface area contributed by atoms with Crippen molar-refractivity contribution in [3.05, 3.63) is 11.8 Å². The largest absolute Gasteiger partial charge is 0.262 e. The molecule has 0 aliphatic rings. The van der Waals surface area contributed by atoms with E-state index in [4.69, 9.17) is 0 Å². The van der Waals surface area contributed by atoms with E-state index >= 15 is 0 Å². The molecule has 1 aromatic rings. The van der Waals surface area contributed by atoms with Gasteiger partial charge in [0.25, 0.3) is 0 Å². The molecule has 0 N–H and O–H groups in total. The first-order valence-corrected chi connectivity index (χ1v) is 5.07. The Bertz CT molecular complexity index is 230. The van der Waals surface area contributed by atoms with E-state index in [0.717, 1.165) is 6.42 Å². The second kappa shape index (κ2) is 3.81. The molecular formula is C8H14N2S. The molecule has 0 spiro atoms. The molecule has 0 fully saturated rings. The van der Waals surface area contributed by atoms with Gasteiger partial charge in [0.1, 0.15) is 0 Å². The molecule has 0 bridgehead atoms. The van der Waals surface area contributed by atoms with E-state index in [1.807, 2.05) is 17.9 Å². The zero-order valence-corrected chi connectivity index (χ0v) is 8.11. The second-order valence-electron chi connectivity index (χ2n) is 2.55. The van der Waals surface area contributed by atoms with Crippen LogP contribution in [0.2, 0.25) is 0 Å². The standard InChI is InChI=1S/C8H14N2S/c1-4-5-7-6-9-10(2)8(7)11-3/h6H,4-5H2,1-3H3. The molecule has 0 aliphatic carbocycles. The Labute approximate surface area is 72.0 Å². The Hall–Kier alpha value is -0.440. The van der Waals surface area contributed by atoms with Gasteiger partial charge in [-0.25, -0.2) is 0 Å². The number of nitrogens with zero attached hydrogens (tertiary/aromatic N) is 2. The van der Waals surface area contributed by atoms with E-state index < -0.39 is 0 Å². The van der Waals surface area contributed by atoms with Crippen LogP contribution < -0.4 is 0 Å². The summed E-state index contributed by atoms with van der Waals surface area (Å²) in [5.41, 5.74) is 1.38. The van der Waals surface area contributed by atoms with E-state index in [1.54, 1.807) is 11.8 Å². The van der Waals surface area contributed by atoms with Gasteiger partial charge in [-0.1, -0.05) is 13.3 Å². The van der Waals surface area contributed by atoms with Gasteiger partial charge in [0.2, 0.25) is 0 Å². The molecule has 0 aliphatic heterocycles. The van der Waals surface area contributed by atoms with Crippen LogP contribution in [0.15, 0.2) is 11.2 Å². The molecule has 62 valence electrons. The summed E-state index contributed by atoms with van der Waals surface area (Å²) in [4.78, 5) is 0. The fourth-order valence-electron chi connectivity index (χ4n) is 1.18. The minimum atomic E-state index is 1.14. The highest BCUT2D eigenvalue weighted by Crippen LogP contribution is 2.19. The monoisotopic (exact) mass is 170 g/mol. The third-order valence-corrected chi connectivity index (χ3v) is 2.58. The first kappa shape index (κ1) is 8.65. The molecule has 1 heterocycles. The van der Waals surface area contributed by atoms with Gasteiger partial charge in [0, 0.05) is 12.6 Å². The summed E-state index contributed by atoms with van der Waals surface area (Å²) in [6.45, 7) is 2.19. The molecule has 1 aromatic heterocycles. The molecular weight excluding hydrogens is 156 g/mol. The van der Waals surface area contributed by atoms with Crippen LogP contribution in [-0.4, -0.2) is 16.0 Å². The second-order valence-corrected chi connectivity index (χ2v) is 3.35. The maximum Gasteiger partial charge on any atom is 0.0965 e. The molecule has 0 atom stereocenters. The predicted octanol–water partition coefficient (Wildman–Crippen LogP) is 2.09. The van der Waals surface area contributed by atoms with Crippen LogP contribution in [0, 0.1) is 0 Å². The van der Waals surface area contributed by atoms with Gasteiger partial charge < -0.3 is 0 Å². The molecule has 0 amide bonds. The first-order valence-electron chi connectivity index (χ1n) is 3.84. The van der Waals surface area contributed by atoms with Crippen molar-refractivity contribution in [3.8, 4) is 0 Å². The molecule has 0 aromatic carbocycles. The van der Waals surface area contributed by atoms with Crippen LogP contribution in [-0.2, 0) is 13.5 Å². The molecule has 0 saturated carbocycles. The summed E-state index contributed by atoms with van der Waals surface area (Å²) in [5, 5.41) is 5.50. The van der Waals surface area contributed by atoms with Gasteiger partial charge in [-0.05, 0) is 12.7 Å². The predicted molar refractivity (Wildman–Crippen MR) is 49.0 cm³/mol. The van der Waals surface area contributed by atoms with Crippen molar-refractivity contribution in [2.24, 2.45) is 7.05 Å². The quantitative estimate of drug-likeness (QED) is 0.646. The summed E-state index contributed by atoms with van der Waals surface area (Å²) >= 11 is 1.77. The zero-order chi connectivity index (χ0) is 8.27. The van der Waals surface area contributed by atoms with E-state index in [9.17, 15) is 0 Å². The highest BCUT2D eigenvalue weighted by molar-refractivity contribution is 7.98. The molecule has 0 radical (unpaired) electrons. The Morgan fingerprint density at radius 1 is 1.64 bits per heavy atom. The van der Waals surface area contributed by atoms with Gasteiger partial charge in [-0.15, -0.1) is 11.8 Å². The van der Waals surface area contributed by atoms with Crippen molar-refractivity contribution in [1.29, 1.82) is 0 Å². The maximum absolute atomic E-state index is 4.20. The summed E-state index contributed by atoms with van der Waals surface area (Å²) < 4.78 is 1.94. The molecule has 0 saturated heterocycles. The fourth-order valence-corrected chi connectivity index (χ4v) is 1.90. The lowest BCUT2D eigenvalue weighted by atomic mass is 10.2. The average Bonchev–Trinajstić information content (AvgIpc) is 2.33. The van der Waals surface area contributed by atoms with Crippen LogP contribution in [0.3, 0.4) is 0 Å². The van der Waals surface area contributed by atoms with Crippen LogP contribution in [0.25, 0.3) is 0 Å². The third-order valence-electron chi connectivity index (χ3n) is 1.67. The molecule has 3 heteroatoms. The number of rotatable bonds is 3. The number of hydrogen-bond acceptors (Lipinski definition) is 2. The summed E-state index contributed by atoms with van der Waals surface area (Å²) in [6, 6.07) is 0. The first-order chi connectivity index (χ1) is 5.29. The van der Waals surface area contributed by atoms with Crippen molar-refractivity contribution in [2.45, 2.75) is 24.8 Å². The minimum Gasteiger partial charge on any atom is -0.262 e. The molecule has 11 heavy (non-hydrogen) atoms. The van der Waals surface area contributed by atoms with Crippen LogP contribution >= 0.6 is 11.8 Å². The third kappa shape index (κ3) is 1.77. The highest BCUT2D eigenvalue weighted by Gasteiger charge is 2.04. The van der Waals surface area contributed by atoms with Gasteiger partial charge in [0.05, 0.1) is 11.2 Å². The Balaban J connectivity index is 2.86. The van der Waals surface area contributed by atoms with E-state index in [1.165, 1.54) is 17.0 Å². The van der Waals surface area contributed by atoms with Gasteiger partial charge in [-0.3, -0.25) is 4.68 Å². The maximum atomic E-state index is 4.20. The molecule has 2 nitrogen and oxygen atoms in total. The van der Waals surface area contributed by atoms with Crippen molar-refractivity contribution in [1.82, 2.24) is 9.78 Å². The fraction of sp³-hybridized carbons (Fsp3) is 0.625. The molecule has 0 unspecified atom stereocenters. The van der Waals surface area contributed by atoms with Gasteiger partial charge >= 0.3 is 0 Å². The van der Waals surface area contributed by atoms with E-state index in [2.05, 4.69) is 18.3 Å². The Morgan fingerprint density at radius 3 is 2.91 bits per heavy atom. The van der Waals surface area contributed by atoms with Crippen molar-refractivity contribution in [2.75, 3.05) is 6.26 Å². The lowest BCUT2D eigenvalue weighted by Crippen LogP contribution is -1.92. The minimum absolute atomic E-state index is 1.14. The number of thioether (sulfide) groups is 1. The Kier molecular flexibility index (Phi) is 3.00. The lowest BCUT2D eigenvalue weighted by molar-refractivity contribution is 0.692. The van der Waals surface area contributed by atoms with Crippen LogP contribution in [0.1, 0.15) is 18.9 Å². The van der Waals surface area contributed by atoms with Crippen molar-refractivity contribution in [3.63, 3.8) is 0 Å². The van der Waals surface area contributed by atoms with Crippen molar-refractivity contribution < 1.29 is 0 Å². The Morgan fingerprint density at radius 2 is 2.36 bits per heavy atom. The number of aromatic nitrogens is 2. The summed E-state index contributed by atoms with van der Waals surface area (Å²) in [7, 11) is 1.99. The van der Waals surface area contributed by atoms with Gasteiger partial charge in [-0.2, -0.15) is 5.10 Å². The summed E-state index contributed by atoms with van der Waals surface area (Å²) in [5.74, 6) is 0. The van der Waals surface area contributed by atoms with E-state index in [-0.39, 0.29) is 0 Å². The number of aryl methyl sites for hydroxylation is 2. The average molecular weight is 170 g/mol. The van der Waals surface area contributed by atoms with Gasteiger partial charge in [0.15, 0.2) is 0 Å². The summed E-state index contributed by atoms with van der Waals surface area (Å²) in [6.07, 6.45) is 6.40. The normalized spacial score (nSPS) is 10.5. The molecule has 1 rings (SSSR count). The van der Waals surface area contributed by atoms with E-state index in [0.29, 0.717) is 0 Å². The smallest absolute Gasteiger partial charge is 0.0965 e. The number of hydrogen-bond donors (Lipinski definition) is 0. The van der Waals surface area contributed by atoms with Crippen LogP contribution in [0.5, 0.6) is 0 Å². The van der Waals surface area contributed by atoms with Crippen molar-refractivity contribution >= 4 is 11.8 Å². The van der Waals surface area contributed by atoms with Crippen LogP contribution in [0.4, 0.5) is 0 Å². The topological polar surface area (TPSA) is 17.8 Å². The zero-order valence-electron chi connectivity index (χ0n) is 7.29.